The molecule has 0 spiro atoms. The molecular formula is C10H16O2S. The molecule has 74 valence electrons. The number of rotatable bonds is 6. The molecule has 0 aliphatic carbocycles. The van der Waals surface area contributed by atoms with Gasteiger partial charge in [0, 0.05) is 6.42 Å². The Morgan fingerprint density at radius 3 is 3.08 bits per heavy atom. The van der Waals surface area contributed by atoms with E-state index in [4.69, 9.17) is 4.42 Å². The third kappa shape index (κ3) is 4.39. The summed E-state index contributed by atoms with van der Waals surface area (Å²) < 4.78 is 5.14. The fourth-order valence-corrected chi connectivity index (χ4v) is 1.85. The van der Waals surface area contributed by atoms with Crippen molar-refractivity contribution in [1.29, 1.82) is 0 Å². The molecule has 13 heavy (non-hydrogen) atoms. The Morgan fingerprint density at radius 2 is 2.46 bits per heavy atom. The summed E-state index contributed by atoms with van der Waals surface area (Å²) in [4.78, 5) is 0. The van der Waals surface area contributed by atoms with E-state index in [0.717, 1.165) is 23.7 Å². The number of hydrogen-bond donors (Lipinski definition) is 1. The van der Waals surface area contributed by atoms with Crippen molar-refractivity contribution >= 4 is 11.8 Å². The van der Waals surface area contributed by atoms with Crippen molar-refractivity contribution in [3.8, 4) is 0 Å². The van der Waals surface area contributed by atoms with Gasteiger partial charge >= 0.3 is 0 Å². The largest absolute Gasteiger partial charge is 0.469 e. The first kappa shape index (κ1) is 10.7. The van der Waals surface area contributed by atoms with E-state index in [0.29, 0.717) is 6.42 Å². The summed E-state index contributed by atoms with van der Waals surface area (Å²) >= 11 is 1.86. The maximum atomic E-state index is 9.57. The maximum Gasteiger partial charge on any atom is 0.106 e. The Balaban J connectivity index is 2.14. The predicted molar refractivity (Wildman–Crippen MR) is 56.0 cm³/mol. The average molecular weight is 200 g/mol. The topological polar surface area (TPSA) is 33.4 Å². The van der Waals surface area contributed by atoms with Gasteiger partial charge in [0.2, 0.25) is 0 Å². The van der Waals surface area contributed by atoms with Crippen LogP contribution in [0.3, 0.4) is 0 Å². The van der Waals surface area contributed by atoms with Gasteiger partial charge in [0.25, 0.3) is 0 Å². The van der Waals surface area contributed by atoms with Crippen LogP contribution in [0.25, 0.3) is 0 Å². The lowest BCUT2D eigenvalue weighted by atomic mass is 10.2. The van der Waals surface area contributed by atoms with Crippen molar-refractivity contribution in [2.45, 2.75) is 25.9 Å². The molecule has 0 bridgehead atoms. The zero-order chi connectivity index (χ0) is 9.52. The van der Waals surface area contributed by atoms with Crippen molar-refractivity contribution in [2.75, 3.05) is 11.5 Å². The maximum absolute atomic E-state index is 9.57. The first-order valence-corrected chi connectivity index (χ1v) is 5.76. The van der Waals surface area contributed by atoms with Crippen LogP contribution in [0, 0.1) is 0 Å². The van der Waals surface area contributed by atoms with E-state index in [1.54, 1.807) is 6.26 Å². The first-order chi connectivity index (χ1) is 6.33. The van der Waals surface area contributed by atoms with E-state index >= 15 is 0 Å². The van der Waals surface area contributed by atoms with Crippen LogP contribution in [0.15, 0.2) is 22.8 Å². The van der Waals surface area contributed by atoms with Crippen LogP contribution in [-0.2, 0) is 6.42 Å². The second kappa shape index (κ2) is 6.11. The third-order valence-electron chi connectivity index (χ3n) is 1.82. The number of aliphatic hydroxyl groups is 1. The first-order valence-electron chi connectivity index (χ1n) is 4.61. The fraction of sp³-hybridized carbons (Fsp3) is 0.600. The van der Waals surface area contributed by atoms with Crippen molar-refractivity contribution in [2.24, 2.45) is 0 Å². The average Bonchev–Trinajstić information content (AvgIpc) is 2.57. The molecule has 0 radical (unpaired) electrons. The highest BCUT2D eigenvalue weighted by Gasteiger charge is 2.06. The van der Waals surface area contributed by atoms with Crippen LogP contribution in [0.4, 0.5) is 0 Å². The summed E-state index contributed by atoms with van der Waals surface area (Å²) in [5, 5.41) is 9.57. The van der Waals surface area contributed by atoms with Crippen molar-refractivity contribution in [3.05, 3.63) is 24.2 Å². The number of aliphatic hydroxyl groups excluding tert-OH is 1. The Labute approximate surface area is 83.3 Å². The number of hydrogen-bond acceptors (Lipinski definition) is 3. The van der Waals surface area contributed by atoms with Crippen LogP contribution < -0.4 is 0 Å². The molecule has 1 aromatic heterocycles. The van der Waals surface area contributed by atoms with E-state index in [1.165, 1.54) is 0 Å². The molecule has 0 aliphatic heterocycles. The normalized spacial score (nSPS) is 13.1. The molecule has 1 atom stereocenters. The molecule has 1 rings (SSSR count). The predicted octanol–water partition coefficient (Wildman–Crippen LogP) is 2.33. The highest BCUT2D eigenvalue weighted by Crippen LogP contribution is 2.09. The SMILES string of the molecule is CCSCCC(O)Cc1ccco1. The lowest BCUT2D eigenvalue weighted by Crippen LogP contribution is -2.10. The van der Waals surface area contributed by atoms with Gasteiger partial charge < -0.3 is 9.52 Å². The van der Waals surface area contributed by atoms with Crippen LogP contribution in [0.1, 0.15) is 19.1 Å². The fourth-order valence-electron chi connectivity index (χ4n) is 1.13. The zero-order valence-electron chi connectivity index (χ0n) is 7.90. The smallest absolute Gasteiger partial charge is 0.106 e. The van der Waals surface area contributed by atoms with E-state index in [2.05, 4.69) is 6.92 Å². The van der Waals surface area contributed by atoms with Crippen molar-refractivity contribution in [3.63, 3.8) is 0 Å². The highest BCUT2D eigenvalue weighted by atomic mass is 32.2. The molecule has 0 saturated carbocycles. The third-order valence-corrected chi connectivity index (χ3v) is 2.75. The molecule has 2 nitrogen and oxygen atoms in total. The molecule has 1 unspecified atom stereocenters. The zero-order valence-corrected chi connectivity index (χ0v) is 8.72. The molecular weight excluding hydrogens is 184 g/mol. The van der Waals surface area contributed by atoms with Gasteiger partial charge in [0.05, 0.1) is 12.4 Å². The minimum absolute atomic E-state index is 0.259. The van der Waals surface area contributed by atoms with E-state index in [-0.39, 0.29) is 6.10 Å². The monoisotopic (exact) mass is 200 g/mol. The summed E-state index contributed by atoms with van der Waals surface area (Å²) in [6, 6.07) is 3.75. The Morgan fingerprint density at radius 1 is 1.62 bits per heavy atom. The lowest BCUT2D eigenvalue weighted by molar-refractivity contribution is 0.164. The Kier molecular flexibility index (Phi) is 5.01. The highest BCUT2D eigenvalue weighted by molar-refractivity contribution is 7.99. The van der Waals surface area contributed by atoms with Gasteiger partial charge in [-0.2, -0.15) is 11.8 Å². The molecule has 0 saturated heterocycles. The Hall–Kier alpha value is -0.410. The van der Waals surface area contributed by atoms with Gasteiger partial charge in [-0.25, -0.2) is 0 Å². The number of furan rings is 1. The van der Waals surface area contributed by atoms with Crippen LogP contribution >= 0.6 is 11.8 Å². The van der Waals surface area contributed by atoms with Gasteiger partial charge in [0.1, 0.15) is 5.76 Å². The van der Waals surface area contributed by atoms with Crippen LogP contribution in [-0.4, -0.2) is 22.7 Å². The van der Waals surface area contributed by atoms with E-state index < -0.39 is 0 Å². The van der Waals surface area contributed by atoms with Gasteiger partial charge in [-0.1, -0.05) is 6.92 Å². The standard InChI is InChI=1S/C10H16O2S/c1-2-13-7-5-9(11)8-10-4-3-6-12-10/h3-4,6,9,11H,2,5,7-8H2,1H3. The van der Waals surface area contributed by atoms with Gasteiger partial charge in [-0.15, -0.1) is 0 Å². The summed E-state index contributed by atoms with van der Waals surface area (Å²) in [5.74, 6) is 3.01. The van der Waals surface area contributed by atoms with Gasteiger partial charge in [0.15, 0.2) is 0 Å². The summed E-state index contributed by atoms with van der Waals surface area (Å²) in [5.41, 5.74) is 0. The van der Waals surface area contributed by atoms with Crippen LogP contribution in [0.2, 0.25) is 0 Å². The van der Waals surface area contributed by atoms with Gasteiger partial charge in [-0.3, -0.25) is 0 Å². The molecule has 1 aromatic rings. The molecule has 0 aromatic carbocycles. The summed E-state index contributed by atoms with van der Waals surface area (Å²) in [6.07, 6.45) is 2.87. The molecule has 0 amide bonds. The summed E-state index contributed by atoms with van der Waals surface area (Å²) in [6.45, 7) is 2.13. The van der Waals surface area contributed by atoms with Gasteiger partial charge in [-0.05, 0) is 30.1 Å². The molecule has 3 heteroatoms. The van der Waals surface area contributed by atoms with E-state index in [1.807, 2.05) is 23.9 Å². The quantitative estimate of drug-likeness (QED) is 0.715. The van der Waals surface area contributed by atoms with Crippen LogP contribution in [0.5, 0.6) is 0 Å². The lowest BCUT2D eigenvalue weighted by Gasteiger charge is -2.07. The summed E-state index contributed by atoms with van der Waals surface area (Å²) in [7, 11) is 0. The van der Waals surface area contributed by atoms with Crippen molar-refractivity contribution in [1.82, 2.24) is 0 Å². The van der Waals surface area contributed by atoms with E-state index in [9.17, 15) is 5.11 Å². The second-order valence-electron chi connectivity index (χ2n) is 2.92. The van der Waals surface area contributed by atoms with Crippen molar-refractivity contribution < 1.29 is 9.52 Å². The molecule has 1 N–H and O–H groups in total. The second-order valence-corrected chi connectivity index (χ2v) is 4.32. The molecule has 0 fully saturated rings. The number of thioether (sulfide) groups is 1. The molecule has 0 aliphatic rings. The molecule has 1 heterocycles. The minimum atomic E-state index is -0.259. The Bertz CT molecular complexity index is 209. The minimum Gasteiger partial charge on any atom is -0.469 e.